The molecule has 0 aliphatic rings. The molecule has 0 bridgehead atoms. The number of nitrogens with zero attached hydrogens (tertiary/aromatic N) is 3. The SMILES string of the molecule is O=C(Cn1c2ccccc2c(=O)c2ccccc21)Nc1ccnn1Cc1ccc(Cl)cc1Cl. The van der Waals surface area contributed by atoms with E-state index in [1.54, 1.807) is 41.2 Å². The van der Waals surface area contributed by atoms with E-state index in [0.29, 0.717) is 44.2 Å². The Kier molecular flexibility index (Phi) is 5.62. The van der Waals surface area contributed by atoms with Crippen LogP contribution < -0.4 is 10.7 Å². The zero-order valence-corrected chi connectivity index (χ0v) is 18.8. The van der Waals surface area contributed by atoms with Crippen LogP contribution in [0.5, 0.6) is 0 Å². The predicted molar refractivity (Wildman–Crippen MR) is 132 cm³/mol. The van der Waals surface area contributed by atoms with E-state index in [2.05, 4.69) is 10.4 Å². The molecule has 5 rings (SSSR count). The van der Waals surface area contributed by atoms with Crippen molar-refractivity contribution in [3.63, 3.8) is 0 Å². The fraction of sp³-hybridized carbons (Fsp3) is 0.0800. The molecule has 0 saturated heterocycles. The number of benzene rings is 3. The number of hydrogen-bond donors (Lipinski definition) is 1. The number of pyridine rings is 1. The Morgan fingerprint density at radius 2 is 1.58 bits per heavy atom. The fourth-order valence-electron chi connectivity index (χ4n) is 3.95. The van der Waals surface area contributed by atoms with Gasteiger partial charge in [-0.3, -0.25) is 9.59 Å². The maximum absolute atomic E-state index is 13.1. The number of halogens is 2. The third-order valence-electron chi connectivity index (χ3n) is 5.50. The Morgan fingerprint density at radius 3 is 2.24 bits per heavy atom. The maximum atomic E-state index is 13.1. The van der Waals surface area contributed by atoms with Crippen molar-refractivity contribution in [3.8, 4) is 0 Å². The zero-order valence-electron chi connectivity index (χ0n) is 17.3. The number of carbonyl (C=O) groups is 1. The lowest BCUT2D eigenvalue weighted by Gasteiger charge is -2.15. The highest BCUT2D eigenvalue weighted by atomic mass is 35.5. The largest absolute Gasteiger partial charge is 0.331 e. The van der Waals surface area contributed by atoms with Gasteiger partial charge in [-0.25, -0.2) is 4.68 Å². The van der Waals surface area contributed by atoms with Gasteiger partial charge in [0.25, 0.3) is 0 Å². The molecule has 3 aromatic carbocycles. The van der Waals surface area contributed by atoms with Gasteiger partial charge >= 0.3 is 0 Å². The monoisotopic (exact) mass is 476 g/mol. The summed E-state index contributed by atoms with van der Waals surface area (Å²) in [7, 11) is 0. The molecule has 0 unspecified atom stereocenters. The van der Waals surface area contributed by atoms with Crippen LogP contribution in [-0.4, -0.2) is 20.3 Å². The lowest BCUT2D eigenvalue weighted by Crippen LogP contribution is -2.23. The van der Waals surface area contributed by atoms with Crippen molar-refractivity contribution in [2.75, 3.05) is 5.32 Å². The number of fused-ring (bicyclic) bond motifs is 2. The van der Waals surface area contributed by atoms with E-state index in [4.69, 9.17) is 23.2 Å². The summed E-state index contributed by atoms with van der Waals surface area (Å²) in [6.45, 7) is 0.413. The average Bonchev–Trinajstić information content (AvgIpc) is 3.25. The molecule has 5 aromatic rings. The van der Waals surface area contributed by atoms with E-state index < -0.39 is 0 Å². The first kappa shape index (κ1) is 21.2. The van der Waals surface area contributed by atoms with Gasteiger partial charge < -0.3 is 9.88 Å². The van der Waals surface area contributed by atoms with E-state index in [1.807, 2.05) is 47.0 Å². The molecule has 2 heterocycles. The van der Waals surface area contributed by atoms with Gasteiger partial charge in [0.2, 0.25) is 5.91 Å². The summed E-state index contributed by atoms with van der Waals surface area (Å²) < 4.78 is 3.52. The number of hydrogen-bond acceptors (Lipinski definition) is 3. The smallest absolute Gasteiger partial charge is 0.245 e. The van der Waals surface area contributed by atoms with E-state index >= 15 is 0 Å². The third-order valence-corrected chi connectivity index (χ3v) is 6.09. The van der Waals surface area contributed by atoms with Crippen molar-refractivity contribution < 1.29 is 4.79 Å². The summed E-state index contributed by atoms with van der Waals surface area (Å²) in [5.74, 6) is 0.304. The molecule has 33 heavy (non-hydrogen) atoms. The quantitative estimate of drug-likeness (QED) is 0.347. The van der Waals surface area contributed by atoms with Crippen molar-refractivity contribution >= 4 is 56.7 Å². The first-order valence-electron chi connectivity index (χ1n) is 10.3. The van der Waals surface area contributed by atoms with Gasteiger partial charge in [0, 0.05) is 26.9 Å². The van der Waals surface area contributed by atoms with Crippen LogP contribution in [0.4, 0.5) is 5.82 Å². The highest BCUT2D eigenvalue weighted by Gasteiger charge is 2.15. The van der Waals surface area contributed by atoms with Crippen molar-refractivity contribution in [3.05, 3.63) is 105 Å². The molecule has 0 aliphatic carbocycles. The van der Waals surface area contributed by atoms with E-state index in [0.717, 1.165) is 5.56 Å². The minimum Gasteiger partial charge on any atom is -0.331 e. The number of rotatable bonds is 5. The summed E-state index contributed by atoms with van der Waals surface area (Å²) in [5.41, 5.74) is 2.20. The number of nitrogens with one attached hydrogen (secondary N) is 1. The Balaban J connectivity index is 1.46. The molecule has 6 nitrogen and oxygen atoms in total. The standard InChI is InChI=1S/C25H18Cl2N4O2/c26-17-10-9-16(20(27)13-17)14-31-23(11-12-28-31)29-24(32)15-30-21-7-3-1-5-18(21)25(33)19-6-2-4-8-22(19)30/h1-13H,14-15H2,(H,29,32). The summed E-state index contributed by atoms with van der Waals surface area (Å²) >= 11 is 12.3. The predicted octanol–water partition coefficient (Wildman–Crippen LogP) is 5.35. The van der Waals surface area contributed by atoms with Crippen molar-refractivity contribution in [1.29, 1.82) is 0 Å². The molecule has 0 saturated carbocycles. The van der Waals surface area contributed by atoms with Crippen LogP contribution in [0.15, 0.2) is 83.8 Å². The Bertz CT molecular complexity index is 1510. The molecule has 1 amide bonds. The lowest BCUT2D eigenvalue weighted by molar-refractivity contribution is -0.116. The molecule has 164 valence electrons. The molecule has 8 heteroatoms. The van der Waals surface area contributed by atoms with Gasteiger partial charge in [-0.05, 0) is 42.0 Å². The summed E-state index contributed by atoms with van der Waals surface area (Å²) in [6, 6.07) is 21.6. The lowest BCUT2D eigenvalue weighted by atomic mass is 10.1. The number of amides is 1. The van der Waals surface area contributed by atoms with Crippen molar-refractivity contribution in [1.82, 2.24) is 14.3 Å². The highest BCUT2D eigenvalue weighted by Crippen LogP contribution is 2.23. The maximum Gasteiger partial charge on any atom is 0.245 e. The average molecular weight is 477 g/mol. The number of aromatic nitrogens is 3. The van der Waals surface area contributed by atoms with E-state index in [-0.39, 0.29) is 17.9 Å². The van der Waals surface area contributed by atoms with Crippen LogP contribution in [0.1, 0.15) is 5.56 Å². The molecule has 1 N–H and O–H groups in total. The van der Waals surface area contributed by atoms with Crippen LogP contribution in [0.2, 0.25) is 10.0 Å². The second-order valence-corrected chi connectivity index (χ2v) is 8.45. The first-order chi connectivity index (χ1) is 16.0. The van der Waals surface area contributed by atoms with Gasteiger partial charge in [0.15, 0.2) is 5.43 Å². The van der Waals surface area contributed by atoms with E-state index in [9.17, 15) is 9.59 Å². The zero-order chi connectivity index (χ0) is 22.9. The van der Waals surface area contributed by atoms with Crippen molar-refractivity contribution in [2.45, 2.75) is 13.1 Å². The molecule has 0 aliphatic heterocycles. The molecule has 0 spiro atoms. The number of para-hydroxylation sites is 2. The van der Waals surface area contributed by atoms with Crippen LogP contribution in [-0.2, 0) is 17.9 Å². The van der Waals surface area contributed by atoms with Crippen LogP contribution >= 0.6 is 23.2 Å². The van der Waals surface area contributed by atoms with Gasteiger partial charge in [0.1, 0.15) is 12.4 Å². The third kappa shape index (κ3) is 4.11. The van der Waals surface area contributed by atoms with Gasteiger partial charge in [-0.15, -0.1) is 0 Å². The van der Waals surface area contributed by atoms with Crippen LogP contribution in [0.25, 0.3) is 21.8 Å². The topological polar surface area (TPSA) is 68.9 Å². The normalized spacial score (nSPS) is 11.2. The van der Waals surface area contributed by atoms with Crippen LogP contribution in [0, 0.1) is 0 Å². The summed E-state index contributed by atoms with van der Waals surface area (Å²) in [4.78, 5) is 26.0. The number of anilines is 1. The summed E-state index contributed by atoms with van der Waals surface area (Å²) in [6.07, 6.45) is 1.61. The van der Waals surface area contributed by atoms with Gasteiger partial charge in [-0.1, -0.05) is 53.5 Å². The Morgan fingerprint density at radius 1 is 0.909 bits per heavy atom. The van der Waals surface area contributed by atoms with Crippen LogP contribution in [0.3, 0.4) is 0 Å². The second kappa shape index (κ2) is 8.73. The minimum atomic E-state index is -0.238. The molecule has 0 radical (unpaired) electrons. The highest BCUT2D eigenvalue weighted by molar-refractivity contribution is 6.35. The fourth-order valence-corrected chi connectivity index (χ4v) is 4.42. The molecular formula is C25H18Cl2N4O2. The minimum absolute atomic E-state index is 0.0359. The molecule has 0 atom stereocenters. The Hall–Kier alpha value is -3.61. The van der Waals surface area contributed by atoms with Gasteiger partial charge in [-0.2, -0.15) is 5.10 Å². The molecule has 0 fully saturated rings. The Labute approximate surface area is 199 Å². The summed E-state index contributed by atoms with van der Waals surface area (Å²) in [5, 5.41) is 9.47. The molecular weight excluding hydrogens is 459 g/mol. The first-order valence-corrected chi connectivity index (χ1v) is 11.0. The molecule has 2 aromatic heterocycles. The van der Waals surface area contributed by atoms with Gasteiger partial charge in [0.05, 0.1) is 23.8 Å². The number of carbonyl (C=O) groups excluding carboxylic acids is 1. The second-order valence-electron chi connectivity index (χ2n) is 7.61. The van der Waals surface area contributed by atoms with E-state index in [1.165, 1.54) is 0 Å². The van der Waals surface area contributed by atoms with Crippen molar-refractivity contribution in [2.24, 2.45) is 0 Å².